The van der Waals surface area contributed by atoms with Crippen molar-refractivity contribution in [1.29, 1.82) is 0 Å². The number of hydrogen-bond donors (Lipinski definition) is 1. The molecule has 3 nitrogen and oxygen atoms in total. The molecule has 0 saturated heterocycles. The first-order valence-electron chi connectivity index (χ1n) is 2.53. The molecule has 0 bridgehead atoms. The fraction of sp³-hybridized carbons (Fsp3) is 0.800. The van der Waals surface area contributed by atoms with Crippen molar-refractivity contribution in [3.05, 3.63) is 0 Å². The van der Waals surface area contributed by atoms with Gasteiger partial charge in [-0.05, 0) is 13.8 Å². The Hall–Kier alpha value is 0.144. The quantitative estimate of drug-likeness (QED) is 0.461. The van der Waals surface area contributed by atoms with Crippen LogP contribution in [0.4, 0.5) is 0 Å². The molecule has 4 heteroatoms. The number of esters is 1. The minimum atomic E-state index is -0.991. The molecule has 0 radical (unpaired) electrons. The van der Waals surface area contributed by atoms with E-state index in [1.165, 1.54) is 6.92 Å². The number of aliphatic hydroxyl groups is 1. The second kappa shape index (κ2) is 6.27. The van der Waals surface area contributed by atoms with Gasteiger partial charge in [0.05, 0.1) is 6.61 Å². The van der Waals surface area contributed by atoms with Crippen molar-refractivity contribution < 1.29 is 36.4 Å². The Morgan fingerprint density at radius 2 is 2.22 bits per heavy atom. The summed E-state index contributed by atoms with van der Waals surface area (Å²) >= 11 is 0. The molecule has 0 saturated carbocycles. The molecule has 0 aromatic rings. The van der Waals surface area contributed by atoms with Gasteiger partial charge in [0.25, 0.3) is 0 Å². The summed E-state index contributed by atoms with van der Waals surface area (Å²) in [4.78, 5) is 10.3. The fourth-order valence-electron chi connectivity index (χ4n) is 0.263. The molecule has 0 rings (SSSR count). The topological polar surface area (TPSA) is 46.5 Å². The van der Waals surface area contributed by atoms with E-state index in [1.54, 1.807) is 6.92 Å². The van der Waals surface area contributed by atoms with Crippen LogP contribution in [0.2, 0.25) is 0 Å². The van der Waals surface area contributed by atoms with Crippen molar-refractivity contribution in [1.82, 2.24) is 0 Å². The van der Waals surface area contributed by atoms with Crippen molar-refractivity contribution in [3.8, 4) is 0 Å². The average Bonchev–Trinajstić information content (AvgIpc) is 1.67. The maximum absolute atomic E-state index is 10.3. The Morgan fingerprint density at radius 1 is 1.78 bits per heavy atom. The van der Waals surface area contributed by atoms with E-state index < -0.39 is 12.1 Å². The summed E-state index contributed by atoms with van der Waals surface area (Å²) in [5, 5.41) is 8.48. The number of aliphatic hydroxyl groups excluding tert-OH is 1. The number of hydrogen-bond acceptors (Lipinski definition) is 3. The predicted octanol–water partition coefficient (Wildman–Crippen LogP) is -0.0722. The van der Waals surface area contributed by atoms with Gasteiger partial charge in [-0.1, -0.05) is 0 Å². The molecule has 50 valence electrons. The molecule has 0 aliphatic heterocycles. The molecule has 9 heavy (non-hydrogen) atoms. The third kappa shape index (κ3) is 6.02. The van der Waals surface area contributed by atoms with Gasteiger partial charge in [-0.25, -0.2) is 4.79 Å². The molecule has 1 atom stereocenters. The standard InChI is InChI=1S/C5H10O3.Ti/c1-3-8-5(7)4(2)6;/h4,6H,3H2,1-2H3;/q;+2. The Morgan fingerprint density at radius 3 is 2.33 bits per heavy atom. The van der Waals surface area contributed by atoms with Crippen LogP contribution in [0, 0.1) is 0 Å². The van der Waals surface area contributed by atoms with Crippen molar-refractivity contribution in [3.63, 3.8) is 0 Å². The second-order valence-electron chi connectivity index (χ2n) is 1.43. The van der Waals surface area contributed by atoms with Gasteiger partial charge in [0.1, 0.15) is 6.10 Å². The average molecular weight is 166 g/mol. The van der Waals surface area contributed by atoms with E-state index in [4.69, 9.17) is 5.11 Å². The van der Waals surface area contributed by atoms with E-state index in [0.717, 1.165) is 0 Å². The summed E-state index contributed by atoms with van der Waals surface area (Å²) in [5.74, 6) is -0.562. The molecule has 0 aromatic carbocycles. The summed E-state index contributed by atoms with van der Waals surface area (Å²) in [6, 6.07) is 0. The van der Waals surface area contributed by atoms with E-state index in [1.807, 2.05) is 0 Å². The van der Waals surface area contributed by atoms with E-state index in [0.29, 0.717) is 6.61 Å². The molecule has 1 unspecified atom stereocenters. The van der Waals surface area contributed by atoms with E-state index in [-0.39, 0.29) is 21.7 Å². The molecule has 0 aliphatic carbocycles. The third-order valence-electron chi connectivity index (χ3n) is 0.628. The van der Waals surface area contributed by atoms with Gasteiger partial charge in [0.2, 0.25) is 0 Å². The van der Waals surface area contributed by atoms with Gasteiger partial charge in [-0.3, -0.25) is 0 Å². The van der Waals surface area contributed by atoms with Crippen molar-refractivity contribution >= 4 is 5.97 Å². The van der Waals surface area contributed by atoms with Crippen molar-refractivity contribution in [2.24, 2.45) is 0 Å². The van der Waals surface area contributed by atoms with E-state index >= 15 is 0 Å². The van der Waals surface area contributed by atoms with Crippen LogP contribution >= 0.6 is 0 Å². The summed E-state index contributed by atoms with van der Waals surface area (Å²) in [6.45, 7) is 3.39. The summed E-state index contributed by atoms with van der Waals surface area (Å²) in [6.07, 6.45) is -0.991. The smallest absolute Gasteiger partial charge is 0.464 e. The minimum Gasteiger partial charge on any atom is -0.464 e. The maximum atomic E-state index is 10.3. The van der Waals surface area contributed by atoms with Gasteiger partial charge in [0.15, 0.2) is 0 Å². The molecular formula is C5H10O3Ti+2. The van der Waals surface area contributed by atoms with E-state index in [2.05, 4.69) is 4.74 Å². The van der Waals surface area contributed by atoms with Crippen LogP contribution < -0.4 is 0 Å². The van der Waals surface area contributed by atoms with Gasteiger partial charge in [0, 0.05) is 0 Å². The molecule has 0 aromatic heterocycles. The van der Waals surface area contributed by atoms with Gasteiger partial charge < -0.3 is 9.84 Å². The summed E-state index contributed by atoms with van der Waals surface area (Å²) in [7, 11) is 0. The Labute approximate surface area is 69.3 Å². The first-order chi connectivity index (χ1) is 3.68. The third-order valence-corrected chi connectivity index (χ3v) is 0.628. The molecule has 0 fully saturated rings. The first-order valence-corrected chi connectivity index (χ1v) is 2.53. The van der Waals surface area contributed by atoms with Crippen LogP contribution in [-0.2, 0) is 31.2 Å². The largest absolute Gasteiger partial charge is 2.00 e. The summed E-state index contributed by atoms with van der Waals surface area (Å²) < 4.78 is 4.41. The number of ether oxygens (including phenoxy) is 1. The number of carbonyl (C=O) groups excluding carboxylic acids is 1. The van der Waals surface area contributed by atoms with Crippen LogP contribution in [0.5, 0.6) is 0 Å². The van der Waals surface area contributed by atoms with Gasteiger partial charge >= 0.3 is 27.7 Å². The molecule has 0 heterocycles. The van der Waals surface area contributed by atoms with Crippen molar-refractivity contribution in [2.75, 3.05) is 6.61 Å². The molecule has 1 N–H and O–H groups in total. The number of rotatable bonds is 2. The molecular weight excluding hydrogens is 156 g/mol. The predicted molar refractivity (Wildman–Crippen MR) is 28.3 cm³/mol. The van der Waals surface area contributed by atoms with Gasteiger partial charge in [-0.2, -0.15) is 0 Å². The zero-order valence-electron chi connectivity index (χ0n) is 5.55. The first kappa shape index (κ1) is 11.9. The fourth-order valence-corrected chi connectivity index (χ4v) is 0.263. The zero-order valence-corrected chi connectivity index (χ0v) is 7.11. The van der Waals surface area contributed by atoms with Crippen LogP contribution in [0.3, 0.4) is 0 Å². The van der Waals surface area contributed by atoms with Crippen LogP contribution in [0.25, 0.3) is 0 Å². The zero-order chi connectivity index (χ0) is 6.57. The van der Waals surface area contributed by atoms with Crippen LogP contribution in [0.15, 0.2) is 0 Å². The molecule has 0 aliphatic rings. The van der Waals surface area contributed by atoms with Crippen molar-refractivity contribution in [2.45, 2.75) is 20.0 Å². The Balaban J connectivity index is 0. The Bertz CT molecular complexity index is 82.3. The normalized spacial score (nSPS) is 11.4. The van der Waals surface area contributed by atoms with Crippen LogP contribution in [-0.4, -0.2) is 23.8 Å². The summed E-state index contributed by atoms with van der Waals surface area (Å²) in [5.41, 5.74) is 0. The second-order valence-corrected chi connectivity index (χ2v) is 1.43. The Kier molecular flexibility index (Phi) is 8.27. The number of carbonyl (C=O) groups is 1. The van der Waals surface area contributed by atoms with Gasteiger partial charge in [-0.15, -0.1) is 0 Å². The molecule has 0 amide bonds. The minimum absolute atomic E-state index is 0. The van der Waals surface area contributed by atoms with Crippen LogP contribution in [0.1, 0.15) is 13.8 Å². The SMILES string of the molecule is CCOC(=O)C(C)O.[Ti+2]. The van der Waals surface area contributed by atoms with E-state index in [9.17, 15) is 4.79 Å². The monoisotopic (exact) mass is 166 g/mol. The maximum Gasteiger partial charge on any atom is 2.00 e. The molecule has 0 spiro atoms.